The van der Waals surface area contributed by atoms with Crippen LogP contribution in [0.25, 0.3) is 5.82 Å². The summed E-state index contributed by atoms with van der Waals surface area (Å²) in [7, 11) is 0. The molecule has 2 aromatic heterocycles. The first-order valence-corrected chi connectivity index (χ1v) is 4.96. The van der Waals surface area contributed by atoms with E-state index in [1.54, 1.807) is 12.3 Å². The van der Waals surface area contributed by atoms with E-state index in [0.29, 0.717) is 21.6 Å². The Morgan fingerprint density at radius 3 is 2.60 bits per heavy atom. The zero-order valence-corrected chi connectivity index (χ0v) is 9.42. The number of nitrogen functional groups attached to an aromatic ring is 1. The van der Waals surface area contributed by atoms with Crippen molar-refractivity contribution in [2.24, 2.45) is 0 Å². The van der Waals surface area contributed by atoms with Crippen molar-refractivity contribution >= 4 is 28.9 Å². The number of pyridine rings is 1. The summed E-state index contributed by atoms with van der Waals surface area (Å²) in [5, 5.41) is 5.18. The maximum absolute atomic E-state index is 5.98. The van der Waals surface area contributed by atoms with Gasteiger partial charge in [0.1, 0.15) is 0 Å². The Labute approximate surface area is 96.6 Å². The van der Waals surface area contributed by atoms with Crippen LogP contribution in [0.2, 0.25) is 10.0 Å². The first-order valence-electron chi connectivity index (χ1n) is 4.21. The van der Waals surface area contributed by atoms with Gasteiger partial charge < -0.3 is 5.73 Å². The molecule has 0 saturated carbocycles. The molecule has 2 rings (SSSR count). The molecule has 2 N–H and O–H groups in total. The Hall–Kier alpha value is -1.26. The van der Waals surface area contributed by atoms with E-state index in [2.05, 4.69) is 10.1 Å². The highest BCUT2D eigenvalue weighted by Gasteiger charge is 2.08. The fraction of sp³-hybridized carbons (Fsp3) is 0.111. The van der Waals surface area contributed by atoms with Gasteiger partial charge in [0.2, 0.25) is 0 Å². The molecule has 78 valence electrons. The summed E-state index contributed by atoms with van der Waals surface area (Å²) in [6, 6.07) is 1.62. The van der Waals surface area contributed by atoms with Crippen molar-refractivity contribution in [1.29, 1.82) is 0 Å². The average molecular weight is 243 g/mol. The minimum Gasteiger partial charge on any atom is -0.397 e. The van der Waals surface area contributed by atoms with E-state index in [0.717, 1.165) is 5.69 Å². The SMILES string of the molecule is Cc1nn(-c2ncc(N)cc2Cl)cc1Cl. The maximum atomic E-state index is 5.98. The molecule has 0 aromatic carbocycles. The summed E-state index contributed by atoms with van der Waals surface area (Å²) in [4.78, 5) is 4.09. The predicted octanol–water partition coefficient (Wildman–Crippen LogP) is 2.46. The molecule has 0 radical (unpaired) electrons. The first-order chi connectivity index (χ1) is 7.08. The third-order valence-electron chi connectivity index (χ3n) is 1.90. The van der Waals surface area contributed by atoms with E-state index in [1.807, 2.05) is 6.92 Å². The summed E-state index contributed by atoms with van der Waals surface area (Å²) in [6.45, 7) is 1.81. The van der Waals surface area contributed by atoms with Gasteiger partial charge in [-0.15, -0.1) is 0 Å². The summed E-state index contributed by atoms with van der Waals surface area (Å²) in [5.41, 5.74) is 6.78. The lowest BCUT2D eigenvalue weighted by atomic mass is 10.4. The van der Waals surface area contributed by atoms with Gasteiger partial charge in [-0.25, -0.2) is 9.67 Å². The predicted molar refractivity (Wildman–Crippen MR) is 60.5 cm³/mol. The third kappa shape index (κ3) is 1.91. The molecule has 0 unspecified atom stereocenters. The van der Waals surface area contributed by atoms with E-state index in [-0.39, 0.29) is 0 Å². The number of nitrogens with two attached hydrogens (primary N) is 1. The van der Waals surface area contributed by atoms with Gasteiger partial charge in [0.05, 0.1) is 33.8 Å². The van der Waals surface area contributed by atoms with Gasteiger partial charge in [0, 0.05) is 0 Å². The topological polar surface area (TPSA) is 56.7 Å². The van der Waals surface area contributed by atoms with Gasteiger partial charge in [-0.3, -0.25) is 0 Å². The molecular weight excluding hydrogens is 235 g/mol. The molecule has 0 saturated heterocycles. The Balaban J connectivity index is 2.54. The summed E-state index contributed by atoms with van der Waals surface area (Å²) >= 11 is 11.9. The zero-order chi connectivity index (χ0) is 11.0. The van der Waals surface area contributed by atoms with Gasteiger partial charge in [0.25, 0.3) is 0 Å². The highest BCUT2D eigenvalue weighted by Crippen LogP contribution is 2.22. The van der Waals surface area contributed by atoms with Crippen LogP contribution in [0.1, 0.15) is 5.69 Å². The van der Waals surface area contributed by atoms with E-state index < -0.39 is 0 Å². The van der Waals surface area contributed by atoms with Gasteiger partial charge in [-0.1, -0.05) is 23.2 Å². The van der Waals surface area contributed by atoms with Crippen molar-refractivity contribution in [1.82, 2.24) is 14.8 Å². The number of hydrogen-bond acceptors (Lipinski definition) is 3. The molecule has 2 aromatic rings. The molecule has 15 heavy (non-hydrogen) atoms. The smallest absolute Gasteiger partial charge is 0.172 e. The van der Waals surface area contributed by atoms with E-state index in [9.17, 15) is 0 Å². The number of aryl methyl sites for hydroxylation is 1. The van der Waals surface area contributed by atoms with Gasteiger partial charge in [-0.05, 0) is 13.0 Å². The van der Waals surface area contributed by atoms with Crippen LogP contribution in [-0.2, 0) is 0 Å². The van der Waals surface area contributed by atoms with Crippen molar-refractivity contribution in [2.75, 3.05) is 5.73 Å². The maximum Gasteiger partial charge on any atom is 0.172 e. The highest BCUT2D eigenvalue weighted by molar-refractivity contribution is 6.32. The number of hydrogen-bond donors (Lipinski definition) is 1. The first kappa shape index (κ1) is 10.3. The third-order valence-corrected chi connectivity index (χ3v) is 2.55. The molecule has 0 fully saturated rings. The zero-order valence-electron chi connectivity index (χ0n) is 7.91. The lowest BCUT2D eigenvalue weighted by molar-refractivity contribution is 0.833. The average Bonchev–Trinajstić information content (AvgIpc) is 2.46. The largest absolute Gasteiger partial charge is 0.397 e. The van der Waals surface area contributed by atoms with Crippen LogP contribution in [0.15, 0.2) is 18.5 Å². The number of rotatable bonds is 1. The van der Waals surface area contributed by atoms with Crippen molar-refractivity contribution in [3.8, 4) is 5.82 Å². The molecule has 0 aliphatic heterocycles. The molecule has 0 aliphatic carbocycles. The van der Waals surface area contributed by atoms with Crippen LogP contribution < -0.4 is 5.73 Å². The molecule has 2 heterocycles. The second-order valence-corrected chi connectivity index (χ2v) is 3.90. The summed E-state index contributed by atoms with van der Waals surface area (Å²) < 4.78 is 1.53. The number of anilines is 1. The van der Waals surface area contributed by atoms with Gasteiger partial charge in [0.15, 0.2) is 5.82 Å². The number of nitrogens with zero attached hydrogens (tertiary/aromatic N) is 3. The minimum absolute atomic E-state index is 0.439. The Morgan fingerprint density at radius 1 is 1.33 bits per heavy atom. The second-order valence-electron chi connectivity index (χ2n) is 3.08. The molecule has 0 bridgehead atoms. The van der Waals surface area contributed by atoms with Crippen molar-refractivity contribution in [3.05, 3.63) is 34.2 Å². The molecule has 6 heteroatoms. The van der Waals surface area contributed by atoms with Crippen molar-refractivity contribution in [3.63, 3.8) is 0 Å². The van der Waals surface area contributed by atoms with Crippen LogP contribution in [0.4, 0.5) is 5.69 Å². The lowest BCUT2D eigenvalue weighted by Gasteiger charge is -2.03. The quantitative estimate of drug-likeness (QED) is 0.836. The van der Waals surface area contributed by atoms with Crippen molar-refractivity contribution in [2.45, 2.75) is 6.92 Å². The fourth-order valence-corrected chi connectivity index (χ4v) is 1.55. The van der Waals surface area contributed by atoms with Gasteiger partial charge >= 0.3 is 0 Å². The number of aromatic nitrogens is 3. The van der Waals surface area contributed by atoms with E-state index in [1.165, 1.54) is 10.9 Å². The molecule has 0 atom stereocenters. The van der Waals surface area contributed by atoms with E-state index in [4.69, 9.17) is 28.9 Å². The molecule has 4 nitrogen and oxygen atoms in total. The van der Waals surface area contributed by atoms with Crippen LogP contribution in [0.5, 0.6) is 0 Å². The van der Waals surface area contributed by atoms with Crippen molar-refractivity contribution < 1.29 is 0 Å². The molecule has 0 amide bonds. The Morgan fingerprint density at radius 2 is 2.07 bits per heavy atom. The number of halogens is 2. The van der Waals surface area contributed by atoms with Crippen LogP contribution in [-0.4, -0.2) is 14.8 Å². The molecule has 0 spiro atoms. The second kappa shape index (κ2) is 3.72. The molecular formula is C9H8Cl2N4. The Kier molecular flexibility index (Phi) is 2.54. The molecule has 0 aliphatic rings. The highest BCUT2D eigenvalue weighted by atomic mass is 35.5. The minimum atomic E-state index is 0.439. The fourth-order valence-electron chi connectivity index (χ4n) is 1.16. The normalized spacial score (nSPS) is 10.6. The Bertz CT molecular complexity index is 487. The monoisotopic (exact) mass is 242 g/mol. The van der Waals surface area contributed by atoms with Crippen LogP contribution >= 0.6 is 23.2 Å². The van der Waals surface area contributed by atoms with Gasteiger partial charge in [-0.2, -0.15) is 5.10 Å². The van der Waals surface area contributed by atoms with Crippen LogP contribution in [0.3, 0.4) is 0 Å². The van der Waals surface area contributed by atoms with E-state index >= 15 is 0 Å². The van der Waals surface area contributed by atoms with Crippen LogP contribution in [0, 0.1) is 6.92 Å². The summed E-state index contributed by atoms with van der Waals surface area (Å²) in [5.74, 6) is 0.515. The summed E-state index contributed by atoms with van der Waals surface area (Å²) in [6.07, 6.45) is 3.17. The lowest BCUT2D eigenvalue weighted by Crippen LogP contribution is -2.00. The standard InChI is InChI=1S/C9H8Cl2N4/c1-5-8(11)4-15(14-5)9-7(10)2-6(12)3-13-9/h2-4H,12H2,1H3.